The molecule has 2 fully saturated rings. The Labute approximate surface area is 152 Å². The molecule has 0 bridgehead atoms. The number of nitrogens with one attached hydrogen (secondary N) is 1. The Hall–Kier alpha value is -2.44. The SMILES string of the molecule is CC1(C)NC(=O)N(CCCC(=O)N(Cc2ccc(F)cc2)C2CC2)C1=O. The molecular formula is C19H24FN3O3. The molecule has 1 aromatic carbocycles. The van der Waals surface area contributed by atoms with Gasteiger partial charge in [0.15, 0.2) is 0 Å². The third-order valence-corrected chi connectivity index (χ3v) is 4.79. The van der Waals surface area contributed by atoms with Gasteiger partial charge in [-0.25, -0.2) is 9.18 Å². The highest BCUT2D eigenvalue weighted by Gasteiger charge is 2.43. The van der Waals surface area contributed by atoms with E-state index in [1.807, 2.05) is 4.90 Å². The number of carbonyl (C=O) groups is 3. The molecule has 0 unspecified atom stereocenters. The first-order chi connectivity index (χ1) is 12.3. The molecule has 6 nitrogen and oxygen atoms in total. The predicted octanol–water partition coefficient (Wildman–Crippen LogP) is 2.43. The number of benzene rings is 1. The van der Waals surface area contributed by atoms with Crippen LogP contribution in [0.1, 0.15) is 45.1 Å². The Morgan fingerprint density at radius 2 is 1.92 bits per heavy atom. The first-order valence-corrected chi connectivity index (χ1v) is 8.96. The van der Waals surface area contributed by atoms with Gasteiger partial charge in [0, 0.05) is 25.6 Å². The van der Waals surface area contributed by atoms with Crippen molar-refractivity contribution in [1.29, 1.82) is 0 Å². The summed E-state index contributed by atoms with van der Waals surface area (Å²) in [5.74, 6) is -0.557. The van der Waals surface area contributed by atoms with E-state index in [1.165, 1.54) is 17.0 Å². The van der Waals surface area contributed by atoms with Crippen LogP contribution in [-0.4, -0.2) is 45.8 Å². The van der Waals surface area contributed by atoms with Crippen molar-refractivity contribution in [2.45, 2.75) is 57.7 Å². The highest BCUT2D eigenvalue weighted by molar-refractivity contribution is 6.06. The zero-order chi connectivity index (χ0) is 18.9. The molecule has 1 N–H and O–H groups in total. The Balaban J connectivity index is 1.53. The average Bonchev–Trinajstić information content (AvgIpc) is 3.38. The number of halogens is 1. The smallest absolute Gasteiger partial charge is 0.325 e. The van der Waals surface area contributed by atoms with Gasteiger partial charge in [0.25, 0.3) is 5.91 Å². The van der Waals surface area contributed by atoms with Crippen molar-refractivity contribution in [2.24, 2.45) is 0 Å². The maximum absolute atomic E-state index is 13.0. The molecule has 1 heterocycles. The lowest BCUT2D eigenvalue weighted by molar-refractivity contribution is -0.134. The second-order valence-corrected chi connectivity index (χ2v) is 7.49. The predicted molar refractivity (Wildman–Crippen MR) is 93.5 cm³/mol. The van der Waals surface area contributed by atoms with E-state index in [-0.39, 0.29) is 36.6 Å². The lowest BCUT2D eigenvalue weighted by Gasteiger charge is -2.23. The molecule has 0 radical (unpaired) electrons. The van der Waals surface area contributed by atoms with Crippen LogP contribution in [0.2, 0.25) is 0 Å². The van der Waals surface area contributed by atoms with Crippen molar-refractivity contribution in [3.63, 3.8) is 0 Å². The molecule has 0 aromatic heterocycles. The van der Waals surface area contributed by atoms with E-state index >= 15 is 0 Å². The van der Waals surface area contributed by atoms with Gasteiger partial charge in [-0.2, -0.15) is 0 Å². The number of urea groups is 1. The molecule has 1 aliphatic carbocycles. The van der Waals surface area contributed by atoms with Crippen LogP contribution in [0.5, 0.6) is 0 Å². The molecular weight excluding hydrogens is 337 g/mol. The number of rotatable bonds is 7. The van der Waals surface area contributed by atoms with E-state index in [0.29, 0.717) is 13.0 Å². The van der Waals surface area contributed by atoms with Gasteiger partial charge in [-0.3, -0.25) is 14.5 Å². The zero-order valence-corrected chi connectivity index (χ0v) is 15.1. The summed E-state index contributed by atoms with van der Waals surface area (Å²) in [6, 6.07) is 6.00. The number of carbonyl (C=O) groups excluding carboxylic acids is 3. The Morgan fingerprint density at radius 1 is 1.27 bits per heavy atom. The van der Waals surface area contributed by atoms with Crippen LogP contribution in [0, 0.1) is 5.82 Å². The summed E-state index contributed by atoms with van der Waals surface area (Å²) in [5.41, 5.74) is 0.00601. The van der Waals surface area contributed by atoms with Gasteiger partial charge in [-0.15, -0.1) is 0 Å². The molecule has 26 heavy (non-hydrogen) atoms. The summed E-state index contributed by atoms with van der Waals surface area (Å²) in [5, 5.41) is 2.63. The minimum absolute atomic E-state index is 0.00291. The van der Waals surface area contributed by atoms with Gasteiger partial charge in [0.05, 0.1) is 0 Å². The molecule has 1 aliphatic heterocycles. The van der Waals surface area contributed by atoms with Crippen LogP contribution >= 0.6 is 0 Å². The number of hydrogen-bond donors (Lipinski definition) is 1. The van der Waals surface area contributed by atoms with Gasteiger partial charge in [-0.05, 0) is 50.8 Å². The van der Waals surface area contributed by atoms with Crippen molar-refractivity contribution < 1.29 is 18.8 Å². The van der Waals surface area contributed by atoms with Gasteiger partial charge < -0.3 is 10.2 Å². The van der Waals surface area contributed by atoms with Crippen LogP contribution in [-0.2, 0) is 16.1 Å². The molecule has 7 heteroatoms. The third kappa shape index (κ3) is 4.03. The number of amides is 4. The van der Waals surface area contributed by atoms with E-state index in [1.54, 1.807) is 26.0 Å². The third-order valence-electron chi connectivity index (χ3n) is 4.79. The van der Waals surface area contributed by atoms with Gasteiger partial charge in [0.2, 0.25) is 5.91 Å². The highest BCUT2D eigenvalue weighted by atomic mass is 19.1. The fraction of sp³-hybridized carbons (Fsp3) is 0.526. The van der Waals surface area contributed by atoms with E-state index < -0.39 is 11.6 Å². The summed E-state index contributed by atoms with van der Waals surface area (Å²) in [6.45, 7) is 4.01. The average molecular weight is 361 g/mol. The van der Waals surface area contributed by atoms with Gasteiger partial charge in [-0.1, -0.05) is 12.1 Å². The molecule has 1 saturated heterocycles. The monoisotopic (exact) mass is 361 g/mol. The summed E-state index contributed by atoms with van der Waals surface area (Å²) >= 11 is 0. The molecule has 1 saturated carbocycles. The molecule has 0 spiro atoms. The first kappa shape index (κ1) is 18.4. The van der Waals surface area contributed by atoms with Crippen LogP contribution in [0.15, 0.2) is 24.3 Å². The van der Waals surface area contributed by atoms with Crippen LogP contribution < -0.4 is 5.32 Å². The standard InChI is InChI=1S/C19H24FN3O3/c1-19(2)17(25)22(18(26)21-19)11-3-4-16(24)23(15-9-10-15)12-13-5-7-14(20)8-6-13/h5-8,15H,3-4,9-12H2,1-2H3,(H,21,26). The Bertz CT molecular complexity index is 713. The van der Waals surface area contributed by atoms with Crippen LogP contribution in [0.25, 0.3) is 0 Å². The van der Waals surface area contributed by atoms with E-state index in [9.17, 15) is 18.8 Å². The van der Waals surface area contributed by atoms with E-state index in [4.69, 9.17) is 0 Å². The number of nitrogens with zero attached hydrogens (tertiary/aromatic N) is 2. The maximum Gasteiger partial charge on any atom is 0.325 e. The molecule has 3 rings (SSSR count). The minimum Gasteiger partial charge on any atom is -0.335 e. The number of imide groups is 1. The van der Waals surface area contributed by atoms with E-state index in [0.717, 1.165) is 18.4 Å². The van der Waals surface area contributed by atoms with Crippen LogP contribution in [0.4, 0.5) is 9.18 Å². The largest absolute Gasteiger partial charge is 0.335 e. The lowest BCUT2D eigenvalue weighted by atomic mass is 10.1. The fourth-order valence-electron chi connectivity index (χ4n) is 3.15. The van der Waals surface area contributed by atoms with Crippen molar-refractivity contribution in [1.82, 2.24) is 15.1 Å². The van der Waals surface area contributed by atoms with Gasteiger partial charge >= 0.3 is 6.03 Å². The highest BCUT2D eigenvalue weighted by Crippen LogP contribution is 2.29. The molecule has 1 aromatic rings. The van der Waals surface area contributed by atoms with Crippen molar-refractivity contribution in [3.05, 3.63) is 35.6 Å². The summed E-state index contributed by atoms with van der Waals surface area (Å²) in [7, 11) is 0. The quantitative estimate of drug-likeness (QED) is 0.759. The van der Waals surface area contributed by atoms with Gasteiger partial charge in [0.1, 0.15) is 11.4 Å². The first-order valence-electron chi connectivity index (χ1n) is 8.96. The molecule has 140 valence electrons. The summed E-state index contributed by atoms with van der Waals surface area (Å²) in [6.07, 6.45) is 2.66. The van der Waals surface area contributed by atoms with E-state index in [2.05, 4.69) is 5.32 Å². The van der Waals surface area contributed by atoms with Crippen LogP contribution in [0.3, 0.4) is 0 Å². The minimum atomic E-state index is -0.885. The topological polar surface area (TPSA) is 69.7 Å². The maximum atomic E-state index is 13.0. The second-order valence-electron chi connectivity index (χ2n) is 7.49. The second kappa shape index (κ2) is 7.05. The Morgan fingerprint density at radius 3 is 2.46 bits per heavy atom. The molecule has 0 atom stereocenters. The number of hydrogen-bond acceptors (Lipinski definition) is 3. The summed E-state index contributed by atoms with van der Waals surface area (Å²) < 4.78 is 13.0. The van der Waals surface area contributed by atoms with Crippen molar-refractivity contribution >= 4 is 17.8 Å². The fourth-order valence-corrected chi connectivity index (χ4v) is 3.15. The Kier molecular flexibility index (Phi) is 4.98. The zero-order valence-electron chi connectivity index (χ0n) is 15.1. The summed E-state index contributed by atoms with van der Waals surface area (Å²) in [4.78, 5) is 39.6. The van der Waals surface area contributed by atoms with Crippen molar-refractivity contribution in [2.75, 3.05) is 6.54 Å². The van der Waals surface area contributed by atoms with Crippen molar-refractivity contribution in [3.8, 4) is 0 Å². The molecule has 4 amide bonds. The molecule has 2 aliphatic rings. The normalized spacial score (nSPS) is 18.8. The lowest BCUT2D eigenvalue weighted by Crippen LogP contribution is -2.40.